The Balaban J connectivity index is 2.84. The van der Waals surface area contributed by atoms with Crippen LogP contribution in [-0.4, -0.2) is 11.2 Å². The van der Waals surface area contributed by atoms with Crippen LogP contribution in [-0.2, 0) is 0 Å². The Bertz CT molecular complexity index is 437. The SMILES string of the molecule is CSc1ccc(C)c2ncccc12. The zero-order valence-corrected chi connectivity index (χ0v) is 8.56. The minimum Gasteiger partial charge on any atom is -0.256 e. The van der Waals surface area contributed by atoms with Crippen molar-refractivity contribution in [3.05, 3.63) is 36.0 Å². The molecule has 0 atom stereocenters. The van der Waals surface area contributed by atoms with E-state index in [0.717, 1.165) is 5.52 Å². The molecule has 0 spiro atoms. The summed E-state index contributed by atoms with van der Waals surface area (Å²) in [5.74, 6) is 0. The molecule has 1 aromatic carbocycles. The van der Waals surface area contributed by atoms with Gasteiger partial charge in [-0.05, 0) is 30.9 Å². The van der Waals surface area contributed by atoms with Gasteiger partial charge in [0.25, 0.3) is 0 Å². The van der Waals surface area contributed by atoms with Gasteiger partial charge in [-0.15, -0.1) is 11.8 Å². The van der Waals surface area contributed by atoms with Crippen LogP contribution in [0.15, 0.2) is 35.4 Å². The fourth-order valence-corrected chi connectivity index (χ4v) is 2.05. The third kappa shape index (κ3) is 1.42. The highest BCUT2D eigenvalue weighted by Crippen LogP contribution is 2.26. The molecule has 2 aromatic rings. The standard InChI is InChI=1S/C11H11NS/c1-8-5-6-10(13-2)9-4-3-7-12-11(8)9/h3-7H,1-2H3. The van der Waals surface area contributed by atoms with Crippen molar-refractivity contribution in [1.82, 2.24) is 4.98 Å². The number of fused-ring (bicyclic) bond motifs is 1. The number of nitrogens with zero attached hydrogens (tertiary/aromatic N) is 1. The molecule has 0 aliphatic carbocycles. The second kappa shape index (κ2) is 3.38. The monoisotopic (exact) mass is 189 g/mol. The summed E-state index contributed by atoms with van der Waals surface area (Å²) in [4.78, 5) is 5.68. The number of benzene rings is 1. The first kappa shape index (κ1) is 8.57. The van der Waals surface area contributed by atoms with Crippen LogP contribution in [0.4, 0.5) is 0 Å². The highest BCUT2D eigenvalue weighted by Gasteiger charge is 2.01. The van der Waals surface area contributed by atoms with Gasteiger partial charge >= 0.3 is 0 Å². The lowest BCUT2D eigenvalue weighted by Crippen LogP contribution is -1.84. The van der Waals surface area contributed by atoms with E-state index in [1.165, 1.54) is 15.8 Å². The summed E-state index contributed by atoms with van der Waals surface area (Å²) in [6, 6.07) is 8.40. The van der Waals surface area contributed by atoms with Crippen molar-refractivity contribution < 1.29 is 0 Å². The molecular formula is C11H11NS. The molecule has 0 aliphatic rings. The highest BCUT2D eigenvalue weighted by atomic mass is 32.2. The van der Waals surface area contributed by atoms with Gasteiger partial charge in [0.1, 0.15) is 0 Å². The van der Waals surface area contributed by atoms with Crippen molar-refractivity contribution in [3.8, 4) is 0 Å². The first-order valence-corrected chi connectivity index (χ1v) is 5.43. The number of hydrogen-bond acceptors (Lipinski definition) is 2. The first-order valence-electron chi connectivity index (χ1n) is 4.21. The smallest absolute Gasteiger partial charge is 0.0742 e. The molecule has 0 radical (unpaired) electrons. The van der Waals surface area contributed by atoms with Crippen LogP contribution < -0.4 is 0 Å². The summed E-state index contributed by atoms with van der Waals surface area (Å²) in [5, 5.41) is 1.26. The van der Waals surface area contributed by atoms with Crippen LogP contribution in [0.5, 0.6) is 0 Å². The molecule has 0 aliphatic heterocycles. The average Bonchev–Trinajstić information content (AvgIpc) is 2.19. The number of aromatic nitrogens is 1. The molecule has 0 fully saturated rings. The van der Waals surface area contributed by atoms with Gasteiger partial charge in [-0.3, -0.25) is 4.98 Å². The number of pyridine rings is 1. The van der Waals surface area contributed by atoms with Crippen molar-refractivity contribution >= 4 is 22.7 Å². The molecule has 0 unspecified atom stereocenters. The van der Waals surface area contributed by atoms with E-state index in [1.54, 1.807) is 11.8 Å². The van der Waals surface area contributed by atoms with Crippen LogP contribution in [0.1, 0.15) is 5.56 Å². The molecule has 2 rings (SSSR count). The van der Waals surface area contributed by atoms with Crippen molar-refractivity contribution in [2.75, 3.05) is 6.26 Å². The van der Waals surface area contributed by atoms with Gasteiger partial charge in [0.2, 0.25) is 0 Å². The van der Waals surface area contributed by atoms with Crippen LogP contribution >= 0.6 is 11.8 Å². The van der Waals surface area contributed by atoms with Crippen molar-refractivity contribution in [2.45, 2.75) is 11.8 Å². The van der Waals surface area contributed by atoms with E-state index < -0.39 is 0 Å². The quantitative estimate of drug-likeness (QED) is 0.639. The molecular weight excluding hydrogens is 178 g/mol. The first-order chi connectivity index (χ1) is 6.33. The molecule has 2 heteroatoms. The lowest BCUT2D eigenvalue weighted by molar-refractivity contribution is 1.34. The molecule has 0 saturated carbocycles. The van der Waals surface area contributed by atoms with E-state index in [1.807, 2.05) is 12.3 Å². The molecule has 1 aromatic heterocycles. The zero-order valence-electron chi connectivity index (χ0n) is 7.74. The third-order valence-corrected chi connectivity index (χ3v) is 2.95. The Hall–Kier alpha value is -1.02. The van der Waals surface area contributed by atoms with Gasteiger partial charge in [0.15, 0.2) is 0 Å². The topological polar surface area (TPSA) is 12.9 Å². The Morgan fingerprint density at radius 1 is 1.23 bits per heavy atom. The van der Waals surface area contributed by atoms with Gasteiger partial charge in [0, 0.05) is 16.5 Å². The van der Waals surface area contributed by atoms with Gasteiger partial charge in [-0.2, -0.15) is 0 Å². The molecule has 0 bridgehead atoms. The average molecular weight is 189 g/mol. The summed E-state index contributed by atoms with van der Waals surface area (Å²) in [6.07, 6.45) is 3.94. The number of rotatable bonds is 1. The Labute approximate surface area is 82.2 Å². The molecule has 0 N–H and O–H groups in total. The molecule has 0 amide bonds. The van der Waals surface area contributed by atoms with Crippen molar-refractivity contribution in [3.63, 3.8) is 0 Å². The molecule has 0 saturated heterocycles. The maximum absolute atomic E-state index is 4.38. The minimum absolute atomic E-state index is 1.12. The maximum atomic E-state index is 4.38. The minimum atomic E-state index is 1.12. The van der Waals surface area contributed by atoms with Crippen LogP contribution in [0.2, 0.25) is 0 Å². The van der Waals surface area contributed by atoms with Crippen LogP contribution in [0.25, 0.3) is 10.9 Å². The van der Waals surface area contributed by atoms with Crippen molar-refractivity contribution in [2.24, 2.45) is 0 Å². The molecule has 1 nitrogen and oxygen atoms in total. The van der Waals surface area contributed by atoms with Gasteiger partial charge in [-0.25, -0.2) is 0 Å². The van der Waals surface area contributed by atoms with E-state index >= 15 is 0 Å². The highest BCUT2D eigenvalue weighted by molar-refractivity contribution is 7.98. The molecule has 13 heavy (non-hydrogen) atoms. The third-order valence-electron chi connectivity index (χ3n) is 2.15. The van der Waals surface area contributed by atoms with E-state index in [9.17, 15) is 0 Å². The summed E-state index contributed by atoms with van der Waals surface area (Å²) < 4.78 is 0. The van der Waals surface area contributed by atoms with Crippen LogP contribution in [0.3, 0.4) is 0 Å². The summed E-state index contributed by atoms with van der Waals surface area (Å²) in [5.41, 5.74) is 2.36. The van der Waals surface area contributed by atoms with Gasteiger partial charge < -0.3 is 0 Å². The van der Waals surface area contributed by atoms with E-state index in [-0.39, 0.29) is 0 Å². The second-order valence-corrected chi connectivity index (χ2v) is 3.83. The van der Waals surface area contributed by atoms with E-state index in [2.05, 4.69) is 36.4 Å². The fourth-order valence-electron chi connectivity index (χ4n) is 1.47. The second-order valence-electron chi connectivity index (χ2n) is 2.98. The van der Waals surface area contributed by atoms with Crippen molar-refractivity contribution in [1.29, 1.82) is 0 Å². The molecule has 1 heterocycles. The Morgan fingerprint density at radius 3 is 2.85 bits per heavy atom. The lowest BCUT2D eigenvalue weighted by atomic mass is 10.1. The van der Waals surface area contributed by atoms with E-state index in [4.69, 9.17) is 0 Å². The number of hydrogen-bond donors (Lipinski definition) is 0. The molecule has 66 valence electrons. The lowest BCUT2D eigenvalue weighted by Gasteiger charge is -2.04. The zero-order chi connectivity index (χ0) is 9.26. The number of aryl methyl sites for hydroxylation is 1. The normalized spacial score (nSPS) is 10.6. The summed E-state index contributed by atoms with van der Waals surface area (Å²) >= 11 is 1.77. The number of thioether (sulfide) groups is 1. The van der Waals surface area contributed by atoms with E-state index in [0.29, 0.717) is 0 Å². The fraction of sp³-hybridized carbons (Fsp3) is 0.182. The largest absolute Gasteiger partial charge is 0.256 e. The maximum Gasteiger partial charge on any atom is 0.0742 e. The Kier molecular flexibility index (Phi) is 2.23. The van der Waals surface area contributed by atoms with Crippen LogP contribution in [0, 0.1) is 6.92 Å². The predicted octanol–water partition coefficient (Wildman–Crippen LogP) is 3.27. The van der Waals surface area contributed by atoms with Gasteiger partial charge in [-0.1, -0.05) is 12.1 Å². The summed E-state index contributed by atoms with van der Waals surface area (Å²) in [6.45, 7) is 2.10. The predicted molar refractivity (Wildman–Crippen MR) is 58.3 cm³/mol. The Morgan fingerprint density at radius 2 is 2.08 bits per heavy atom. The summed E-state index contributed by atoms with van der Waals surface area (Å²) in [7, 11) is 0. The van der Waals surface area contributed by atoms with Gasteiger partial charge in [0.05, 0.1) is 5.52 Å².